The first-order valence-corrected chi connectivity index (χ1v) is 7.81. The van der Waals surface area contributed by atoms with E-state index in [9.17, 15) is 0 Å². The summed E-state index contributed by atoms with van der Waals surface area (Å²) in [5, 5.41) is 4.29. The Kier molecular flexibility index (Phi) is 5.93. The van der Waals surface area contributed by atoms with E-state index in [0.717, 1.165) is 38.1 Å². The summed E-state index contributed by atoms with van der Waals surface area (Å²) in [6.45, 7) is 5.28. The zero-order valence-electron chi connectivity index (χ0n) is 13.1. The van der Waals surface area contributed by atoms with Crippen molar-refractivity contribution in [1.29, 1.82) is 0 Å². The SMILES string of the molecule is CC(C)Cn1ncnc1CC(N)CCCc1ccccc1. The molecular weight excluding hydrogens is 260 g/mol. The third-order valence-electron chi connectivity index (χ3n) is 3.56. The molecule has 0 radical (unpaired) electrons. The summed E-state index contributed by atoms with van der Waals surface area (Å²) in [5.41, 5.74) is 7.63. The van der Waals surface area contributed by atoms with E-state index in [1.165, 1.54) is 5.56 Å². The number of nitrogens with zero attached hydrogens (tertiary/aromatic N) is 3. The Bertz CT molecular complexity index is 519. The van der Waals surface area contributed by atoms with Crippen LogP contribution in [0.15, 0.2) is 36.7 Å². The predicted molar refractivity (Wildman–Crippen MR) is 85.9 cm³/mol. The monoisotopic (exact) mass is 286 g/mol. The first kappa shape index (κ1) is 15.7. The molecule has 0 aliphatic rings. The van der Waals surface area contributed by atoms with Gasteiger partial charge in [-0.15, -0.1) is 0 Å². The van der Waals surface area contributed by atoms with E-state index in [0.29, 0.717) is 5.92 Å². The minimum Gasteiger partial charge on any atom is -0.327 e. The molecule has 1 aromatic heterocycles. The Hall–Kier alpha value is -1.68. The van der Waals surface area contributed by atoms with Crippen molar-refractivity contribution in [1.82, 2.24) is 14.8 Å². The molecule has 1 atom stereocenters. The minimum absolute atomic E-state index is 0.156. The van der Waals surface area contributed by atoms with Crippen molar-refractivity contribution in [3.8, 4) is 0 Å². The summed E-state index contributed by atoms with van der Waals surface area (Å²) in [7, 11) is 0. The molecule has 0 aliphatic heterocycles. The minimum atomic E-state index is 0.156. The van der Waals surface area contributed by atoms with Crippen LogP contribution in [0.25, 0.3) is 0 Å². The van der Waals surface area contributed by atoms with Gasteiger partial charge in [-0.3, -0.25) is 0 Å². The molecule has 0 aliphatic carbocycles. The van der Waals surface area contributed by atoms with Crippen LogP contribution in [0.1, 0.15) is 38.1 Å². The van der Waals surface area contributed by atoms with Crippen LogP contribution in [0, 0.1) is 5.92 Å². The lowest BCUT2D eigenvalue weighted by Crippen LogP contribution is -2.25. The van der Waals surface area contributed by atoms with Crippen LogP contribution >= 0.6 is 0 Å². The molecule has 21 heavy (non-hydrogen) atoms. The van der Waals surface area contributed by atoms with Gasteiger partial charge in [0, 0.05) is 19.0 Å². The summed E-state index contributed by atoms with van der Waals surface area (Å²) < 4.78 is 1.99. The third-order valence-corrected chi connectivity index (χ3v) is 3.56. The quantitative estimate of drug-likeness (QED) is 0.812. The van der Waals surface area contributed by atoms with Crippen LogP contribution in [0.3, 0.4) is 0 Å². The molecule has 4 nitrogen and oxygen atoms in total. The van der Waals surface area contributed by atoms with Gasteiger partial charge in [-0.2, -0.15) is 5.10 Å². The van der Waals surface area contributed by atoms with E-state index in [-0.39, 0.29) is 6.04 Å². The van der Waals surface area contributed by atoms with Gasteiger partial charge < -0.3 is 5.73 Å². The van der Waals surface area contributed by atoms with Crippen LogP contribution in [0.4, 0.5) is 0 Å². The number of hydrogen-bond donors (Lipinski definition) is 1. The number of benzene rings is 1. The number of rotatable bonds is 8. The first-order chi connectivity index (χ1) is 10.1. The number of aryl methyl sites for hydroxylation is 1. The summed E-state index contributed by atoms with van der Waals surface area (Å²) in [6, 6.07) is 10.7. The molecule has 1 heterocycles. The smallest absolute Gasteiger partial charge is 0.138 e. The molecule has 0 spiro atoms. The van der Waals surface area contributed by atoms with Gasteiger partial charge in [0.25, 0.3) is 0 Å². The maximum Gasteiger partial charge on any atom is 0.138 e. The molecule has 0 amide bonds. The Labute approximate surface area is 127 Å². The van der Waals surface area contributed by atoms with Gasteiger partial charge in [0.2, 0.25) is 0 Å². The molecule has 2 rings (SSSR count). The fourth-order valence-electron chi connectivity index (χ4n) is 2.49. The molecular formula is C17H26N4. The second-order valence-electron chi connectivity index (χ2n) is 6.09. The lowest BCUT2D eigenvalue weighted by molar-refractivity contribution is 0.453. The zero-order valence-corrected chi connectivity index (χ0v) is 13.1. The normalized spacial score (nSPS) is 12.8. The van der Waals surface area contributed by atoms with Crippen molar-refractivity contribution >= 4 is 0 Å². The molecule has 1 unspecified atom stereocenters. The summed E-state index contributed by atoms with van der Waals surface area (Å²) in [4.78, 5) is 4.35. The van der Waals surface area contributed by atoms with Gasteiger partial charge >= 0.3 is 0 Å². The summed E-state index contributed by atoms with van der Waals surface area (Å²) >= 11 is 0. The van der Waals surface area contributed by atoms with Crippen LogP contribution in [-0.4, -0.2) is 20.8 Å². The maximum atomic E-state index is 6.25. The van der Waals surface area contributed by atoms with Crippen LogP contribution in [0.2, 0.25) is 0 Å². The lowest BCUT2D eigenvalue weighted by atomic mass is 10.0. The highest BCUT2D eigenvalue weighted by Crippen LogP contribution is 2.09. The largest absolute Gasteiger partial charge is 0.327 e. The first-order valence-electron chi connectivity index (χ1n) is 7.81. The molecule has 0 fully saturated rings. The fourth-order valence-corrected chi connectivity index (χ4v) is 2.49. The van der Waals surface area contributed by atoms with Crippen molar-refractivity contribution in [3.05, 3.63) is 48.0 Å². The van der Waals surface area contributed by atoms with Crippen molar-refractivity contribution in [2.24, 2.45) is 11.7 Å². The van der Waals surface area contributed by atoms with Gasteiger partial charge in [0.15, 0.2) is 0 Å². The molecule has 4 heteroatoms. The second-order valence-corrected chi connectivity index (χ2v) is 6.09. The number of hydrogen-bond acceptors (Lipinski definition) is 3. The predicted octanol–water partition coefficient (Wildman–Crippen LogP) is 2.83. The van der Waals surface area contributed by atoms with Crippen molar-refractivity contribution < 1.29 is 0 Å². The zero-order chi connectivity index (χ0) is 15.1. The van der Waals surface area contributed by atoms with E-state index in [4.69, 9.17) is 5.73 Å². The molecule has 1 aromatic carbocycles. The highest BCUT2D eigenvalue weighted by molar-refractivity contribution is 5.14. The topological polar surface area (TPSA) is 56.7 Å². The van der Waals surface area contributed by atoms with Gasteiger partial charge in [-0.05, 0) is 30.7 Å². The van der Waals surface area contributed by atoms with Crippen LogP contribution in [0.5, 0.6) is 0 Å². The summed E-state index contributed by atoms with van der Waals surface area (Å²) in [6.07, 6.45) is 5.66. The van der Waals surface area contributed by atoms with E-state index in [1.807, 2.05) is 4.68 Å². The fraction of sp³-hybridized carbons (Fsp3) is 0.529. The Morgan fingerprint density at radius 3 is 2.67 bits per heavy atom. The molecule has 0 bridgehead atoms. The Balaban J connectivity index is 1.77. The standard InChI is InChI=1S/C17H26N4/c1-14(2)12-21-17(19-13-20-21)11-16(18)10-6-9-15-7-4-3-5-8-15/h3-5,7-8,13-14,16H,6,9-12,18H2,1-2H3. The van der Waals surface area contributed by atoms with Crippen molar-refractivity contribution in [3.63, 3.8) is 0 Å². The molecule has 2 N–H and O–H groups in total. The highest BCUT2D eigenvalue weighted by Gasteiger charge is 2.11. The average molecular weight is 286 g/mol. The highest BCUT2D eigenvalue weighted by atomic mass is 15.3. The van der Waals surface area contributed by atoms with Crippen molar-refractivity contribution in [2.75, 3.05) is 0 Å². The molecule has 0 saturated heterocycles. The third kappa shape index (κ3) is 5.31. The lowest BCUT2D eigenvalue weighted by Gasteiger charge is -2.13. The Morgan fingerprint density at radius 2 is 1.95 bits per heavy atom. The Morgan fingerprint density at radius 1 is 1.19 bits per heavy atom. The summed E-state index contributed by atoms with van der Waals surface area (Å²) in [5.74, 6) is 1.58. The van der Waals surface area contributed by atoms with Gasteiger partial charge in [0.1, 0.15) is 12.2 Å². The average Bonchev–Trinajstić information content (AvgIpc) is 2.86. The molecule has 2 aromatic rings. The van der Waals surface area contributed by atoms with E-state index >= 15 is 0 Å². The van der Waals surface area contributed by atoms with Crippen molar-refractivity contribution in [2.45, 2.75) is 52.1 Å². The van der Waals surface area contributed by atoms with Crippen LogP contribution in [-0.2, 0) is 19.4 Å². The van der Waals surface area contributed by atoms with Crippen LogP contribution < -0.4 is 5.73 Å². The molecule has 0 saturated carbocycles. The number of nitrogens with two attached hydrogens (primary N) is 1. The number of aromatic nitrogens is 3. The van der Waals surface area contributed by atoms with Gasteiger partial charge in [-0.1, -0.05) is 44.2 Å². The van der Waals surface area contributed by atoms with Gasteiger partial charge in [-0.25, -0.2) is 9.67 Å². The van der Waals surface area contributed by atoms with E-state index < -0.39 is 0 Å². The van der Waals surface area contributed by atoms with E-state index in [1.54, 1.807) is 6.33 Å². The maximum absolute atomic E-state index is 6.25. The van der Waals surface area contributed by atoms with Gasteiger partial charge in [0.05, 0.1) is 0 Å². The second kappa shape index (κ2) is 7.93. The van der Waals surface area contributed by atoms with E-state index in [2.05, 4.69) is 54.3 Å². The molecule has 114 valence electrons.